The van der Waals surface area contributed by atoms with E-state index >= 15 is 0 Å². The van der Waals surface area contributed by atoms with E-state index in [1.807, 2.05) is 19.1 Å². The fraction of sp³-hybridized carbons (Fsp3) is 0.154. The van der Waals surface area contributed by atoms with Crippen LogP contribution in [-0.2, 0) is 21.4 Å². The van der Waals surface area contributed by atoms with Gasteiger partial charge in [0.2, 0.25) is 10.0 Å². The quantitative estimate of drug-likeness (QED) is 0.211. The molecular weight excluding hydrogens is 530 g/mol. The summed E-state index contributed by atoms with van der Waals surface area (Å²) in [5.41, 5.74) is 4.85. The van der Waals surface area contributed by atoms with Crippen LogP contribution in [0.2, 0.25) is 0 Å². The molecule has 9 heteroatoms. The van der Waals surface area contributed by atoms with E-state index in [-0.39, 0.29) is 11.4 Å². The van der Waals surface area contributed by atoms with Crippen molar-refractivity contribution in [2.24, 2.45) is 5.10 Å². The fourth-order valence-corrected chi connectivity index (χ4v) is 4.71. The van der Waals surface area contributed by atoms with Crippen molar-refractivity contribution < 1.29 is 17.9 Å². The molecule has 35 heavy (non-hydrogen) atoms. The molecule has 0 radical (unpaired) electrons. The molecule has 7 nitrogen and oxygen atoms in total. The second-order valence-electron chi connectivity index (χ2n) is 7.67. The maximum Gasteiger partial charge on any atom is 0.255 e. The molecule has 0 aliphatic rings. The smallest absolute Gasteiger partial charge is 0.255 e. The van der Waals surface area contributed by atoms with Crippen LogP contribution in [0, 0.1) is 6.92 Å². The third kappa shape index (κ3) is 7.88. The first-order valence-corrected chi connectivity index (χ1v) is 13.0. The second-order valence-corrected chi connectivity index (χ2v) is 10.5. The summed E-state index contributed by atoms with van der Waals surface area (Å²) in [5, 5.41) is 3.96. The van der Waals surface area contributed by atoms with Gasteiger partial charge in [0, 0.05) is 11.0 Å². The molecule has 0 bridgehead atoms. The van der Waals surface area contributed by atoms with E-state index in [1.165, 1.54) is 18.3 Å². The molecule has 1 amide bonds. The van der Waals surface area contributed by atoms with Gasteiger partial charge in [-0.1, -0.05) is 58.4 Å². The standard InChI is InChI=1S/C26H26BrN3O4S/c1-3-16-34-24-12-8-21(9-13-24)17-28-29-26(31)19-30(18-22-6-10-23(27)11-7-22)35(32,33)25-14-4-20(2)5-15-25/h3-15,17H,1,16,18-19H2,2H3,(H,29,31)/b28-17-. The number of nitrogens with one attached hydrogen (secondary N) is 1. The topological polar surface area (TPSA) is 88.1 Å². The second kappa shape index (κ2) is 12.4. The zero-order valence-electron chi connectivity index (χ0n) is 19.2. The molecule has 0 saturated heterocycles. The number of sulfonamides is 1. The Morgan fingerprint density at radius 2 is 1.71 bits per heavy atom. The Kier molecular flexibility index (Phi) is 9.36. The summed E-state index contributed by atoms with van der Waals surface area (Å²) in [6, 6.07) is 20.9. The number of hydrazone groups is 1. The number of aryl methyl sites for hydroxylation is 1. The highest BCUT2D eigenvalue weighted by atomic mass is 79.9. The summed E-state index contributed by atoms with van der Waals surface area (Å²) < 4.78 is 34.1. The van der Waals surface area contributed by atoms with Gasteiger partial charge in [0.25, 0.3) is 5.91 Å². The van der Waals surface area contributed by atoms with Gasteiger partial charge in [-0.05, 0) is 66.6 Å². The number of benzene rings is 3. The Bertz CT molecular complexity index is 1270. The predicted molar refractivity (Wildman–Crippen MR) is 141 cm³/mol. The van der Waals surface area contributed by atoms with Gasteiger partial charge in [0.15, 0.2) is 0 Å². The average Bonchev–Trinajstić information content (AvgIpc) is 2.84. The van der Waals surface area contributed by atoms with Gasteiger partial charge in [-0.2, -0.15) is 9.41 Å². The Hall–Kier alpha value is -3.27. The first-order valence-electron chi connectivity index (χ1n) is 10.7. The number of halogens is 1. The van der Waals surface area contributed by atoms with Crippen molar-refractivity contribution in [2.45, 2.75) is 18.4 Å². The van der Waals surface area contributed by atoms with E-state index in [4.69, 9.17) is 4.74 Å². The molecular formula is C26H26BrN3O4S. The minimum atomic E-state index is -3.92. The number of rotatable bonds is 11. The first kappa shape index (κ1) is 26.3. The third-order valence-electron chi connectivity index (χ3n) is 4.90. The van der Waals surface area contributed by atoms with E-state index in [0.29, 0.717) is 12.4 Å². The summed E-state index contributed by atoms with van der Waals surface area (Å²) in [6.45, 7) is 5.53. The summed E-state index contributed by atoms with van der Waals surface area (Å²) in [6.07, 6.45) is 3.13. The highest BCUT2D eigenvalue weighted by Crippen LogP contribution is 2.20. The molecule has 0 heterocycles. The molecule has 0 fully saturated rings. The van der Waals surface area contributed by atoms with Crippen molar-refractivity contribution in [2.75, 3.05) is 13.2 Å². The summed E-state index contributed by atoms with van der Waals surface area (Å²) >= 11 is 3.37. The summed E-state index contributed by atoms with van der Waals surface area (Å²) in [5.74, 6) is 0.135. The van der Waals surface area contributed by atoms with Crippen LogP contribution in [0.1, 0.15) is 16.7 Å². The van der Waals surface area contributed by atoms with Gasteiger partial charge < -0.3 is 4.74 Å². The highest BCUT2D eigenvalue weighted by Gasteiger charge is 2.27. The molecule has 0 saturated carbocycles. The lowest BCUT2D eigenvalue weighted by molar-refractivity contribution is -0.121. The number of carbonyl (C=O) groups is 1. The van der Waals surface area contributed by atoms with Crippen LogP contribution in [0.15, 0.2) is 99.9 Å². The van der Waals surface area contributed by atoms with E-state index in [2.05, 4.69) is 33.0 Å². The van der Waals surface area contributed by atoms with Crippen LogP contribution in [-0.4, -0.2) is 38.0 Å². The van der Waals surface area contributed by atoms with Crippen LogP contribution in [0.25, 0.3) is 0 Å². The van der Waals surface area contributed by atoms with Gasteiger partial charge >= 0.3 is 0 Å². The van der Waals surface area contributed by atoms with Crippen LogP contribution >= 0.6 is 15.9 Å². The lowest BCUT2D eigenvalue weighted by Crippen LogP contribution is -2.39. The van der Waals surface area contributed by atoms with Crippen LogP contribution in [0.5, 0.6) is 5.75 Å². The minimum absolute atomic E-state index is 0.0345. The average molecular weight is 556 g/mol. The number of carbonyl (C=O) groups excluding carboxylic acids is 1. The van der Waals surface area contributed by atoms with Crippen molar-refractivity contribution >= 4 is 38.1 Å². The monoisotopic (exact) mass is 555 g/mol. The molecule has 0 aliphatic carbocycles. The predicted octanol–water partition coefficient (Wildman–Crippen LogP) is 4.66. The Morgan fingerprint density at radius 1 is 1.06 bits per heavy atom. The Labute approximate surface area is 214 Å². The van der Waals surface area contributed by atoms with Gasteiger partial charge in [-0.3, -0.25) is 4.79 Å². The van der Waals surface area contributed by atoms with Crippen molar-refractivity contribution in [3.8, 4) is 5.75 Å². The molecule has 3 rings (SSSR count). The molecule has 0 atom stereocenters. The molecule has 3 aromatic rings. The summed E-state index contributed by atoms with van der Waals surface area (Å²) in [7, 11) is -3.92. The lowest BCUT2D eigenvalue weighted by atomic mass is 10.2. The van der Waals surface area contributed by atoms with E-state index in [0.717, 1.165) is 25.5 Å². The van der Waals surface area contributed by atoms with E-state index in [1.54, 1.807) is 54.6 Å². The lowest BCUT2D eigenvalue weighted by Gasteiger charge is -2.21. The van der Waals surface area contributed by atoms with E-state index in [9.17, 15) is 13.2 Å². The van der Waals surface area contributed by atoms with Crippen LogP contribution < -0.4 is 10.2 Å². The first-order chi connectivity index (χ1) is 16.8. The normalized spacial score (nSPS) is 11.5. The highest BCUT2D eigenvalue weighted by molar-refractivity contribution is 9.10. The van der Waals surface area contributed by atoms with Crippen LogP contribution in [0.4, 0.5) is 0 Å². The number of nitrogens with zero attached hydrogens (tertiary/aromatic N) is 2. The molecule has 182 valence electrons. The number of hydrogen-bond donors (Lipinski definition) is 1. The molecule has 0 spiro atoms. The van der Waals surface area contributed by atoms with Crippen LogP contribution in [0.3, 0.4) is 0 Å². The number of hydrogen-bond acceptors (Lipinski definition) is 5. The Balaban J connectivity index is 1.71. The largest absolute Gasteiger partial charge is 0.490 e. The maximum atomic E-state index is 13.3. The molecule has 0 aromatic heterocycles. The molecule has 0 aliphatic heterocycles. The van der Waals surface area contributed by atoms with Crippen molar-refractivity contribution in [3.63, 3.8) is 0 Å². The minimum Gasteiger partial charge on any atom is -0.490 e. The number of amides is 1. The maximum absolute atomic E-state index is 13.3. The Morgan fingerprint density at radius 3 is 2.34 bits per heavy atom. The molecule has 1 N–H and O–H groups in total. The van der Waals surface area contributed by atoms with Gasteiger partial charge in [-0.15, -0.1) is 0 Å². The fourth-order valence-electron chi connectivity index (χ4n) is 3.06. The SMILES string of the molecule is C=CCOc1ccc(/C=N\NC(=O)CN(Cc2ccc(Br)cc2)S(=O)(=O)c2ccc(C)cc2)cc1. The van der Waals surface area contributed by atoms with Gasteiger partial charge in [-0.25, -0.2) is 13.8 Å². The van der Waals surface area contributed by atoms with Crippen molar-refractivity contribution in [1.82, 2.24) is 9.73 Å². The third-order valence-corrected chi connectivity index (χ3v) is 7.24. The van der Waals surface area contributed by atoms with E-state index < -0.39 is 22.5 Å². The van der Waals surface area contributed by atoms with Crippen molar-refractivity contribution in [3.05, 3.63) is 107 Å². The number of ether oxygens (including phenoxy) is 1. The van der Waals surface area contributed by atoms with Gasteiger partial charge in [0.1, 0.15) is 12.4 Å². The summed E-state index contributed by atoms with van der Waals surface area (Å²) in [4.78, 5) is 12.7. The van der Waals surface area contributed by atoms with Gasteiger partial charge in [0.05, 0.1) is 17.7 Å². The zero-order chi connectivity index (χ0) is 25.3. The zero-order valence-corrected chi connectivity index (χ0v) is 21.6. The molecule has 0 unspecified atom stereocenters. The molecule has 3 aromatic carbocycles. The van der Waals surface area contributed by atoms with Crippen molar-refractivity contribution in [1.29, 1.82) is 0 Å².